The van der Waals surface area contributed by atoms with Crippen LogP contribution < -0.4 is 5.73 Å². The van der Waals surface area contributed by atoms with Crippen LogP contribution in [0.25, 0.3) is 0 Å². The predicted molar refractivity (Wildman–Crippen MR) is 56.8 cm³/mol. The number of ether oxygens (including phenoxy) is 1. The largest absolute Gasteiger partial charge is 0.459 e. The average Bonchev–Trinajstić information content (AvgIpc) is 1.97. The Bertz CT molecular complexity index is 165. The van der Waals surface area contributed by atoms with Crippen LogP contribution in [0.1, 0.15) is 27.7 Å². The van der Waals surface area contributed by atoms with Crippen LogP contribution in [0.15, 0.2) is 0 Å². The van der Waals surface area contributed by atoms with Crippen LogP contribution in [-0.4, -0.2) is 29.1 Å². The fraction of sp³-hybridized carbons (Fsp3) is 0.889. The highest BCUT2D eigenvalue weighted by atomic mass is 32.2. The number of nitrogens with two attached hydrogens (primary N) is 1. The van der Waals surface area contributed by atoms with Crippen LogP contribution in [0.3, 0.4) is 0 Å². The Balaban J connectivity index is 3.64. The molecular formula is C9H19NO2S. The minimum Gasteiger partial charge on any atom is -0.459 e. The maximum Gasteiger partial charge on any atom is 0.316 e. The van der Waals surface area contributed by atoms with Crippen molar-refractivity contribution >= 4 is 17.7 Å². The molecule has 1 unspecified atom stereocenters. The van der Waals surface area contributed by atoms with Crippen molar-refractivity contribution < 1.29 is 9.53 Å². The summed E-state index contributed by atoms with van der Waals surface area (Å²) in [5, 5.41) is 0.313. The molecule has 4 heteroatoms. The van der Waals surface area contributed by atoms with Crippen LogP contribution in [-0.2, 0) is 9.53 Å². The predicted octanol–water partition coefficient (Wildman–Crippen LogP) is 1.41. The van der Waals surface area contributed by atoms with E-state index in [-0.39, 0.29) is 11.6 Å². The van der Waals surface area contributed by atoms with Gasteiger partial charge in [0.15, 0.2) is 0 Å². The molecule has 0 bridgehead atoms. The van der Waals surface area contributed by atoms with Gasteiger partial charge >= 0.3 is 5.97 Å². The first-order valence-corrected chi connectivity index (χ1v) is 5.43. The lowest BCUT2D eigenvalue weighted by molar-refractivity contribution is -0.151. The molecule has 0 aliphatic carbocycles. The van der Waals surface area contributed by atoms with E-state index < -0.39 is 0 Å². The molecule has 0 aliphatic rings. The van der Waals surface area contributed by atoms with Crippen molar-refractivity contribution in [3.8, 4) is 0 Å². The van der Waals surface area contributed by atoms with Crippen molar-refractivity contribution in [2.24, 2.45) is 5.73 Å². The Kier molecular flexibility index (Phi) is 5.40. The number of esters is 1. The summed E-state index contributed by atoms with van der Waals surface area (Å²) < 4.78 is 5.13. The Morgan fingerprint density at radius 3 is 2.46 bits per heavy atom. The van der Waals surface area contributed by atoms with Crippen LogP contribution in [0.5, 0.6) is 0 Å². The number of hydrogen-bond donors (Lipinski definition) is 1. The van der Waals surface area contributed by atoms with E-state index >= 15 is 0 Å². The standard InChI is InChI=1S/C9H19NO2S/c1-7(5-10)13-6-8(11)12-9(2,3)4/h7H,5-6,10H2,1-4H3. The van der Waals surface area contributed by atoms with Crippen molar-refractivity contribution in [1.82, 2.24) is 0 Å². The summed E-state index contributed by atoms with van der Waals surface area (Å²) in [6.07, 6.45) is 0. The fourth-order valence-corrected chi connectivity index (χ4v) is 1.26. The minimum absolute atomic E-state index is 0.169. The van der Waals surface area contributed by atoms with E-state index in [0.717, 1.165) is 0 Å². The van der Waals surface area contributed by atoms with E-state index in [2.05, 4.69) is 0 Å². The van der Waals surface area contributed by atoms with Gasteiger partial charge in [0.05, 0.1) is 5.75 Å². The summed E-state index contributed by atoms with van der Waals surface area (Å²) in [4.78, 5) is 11.2. The summed E-state index contributed by atoms with van der Waals surface area (Å²) >= 11 is 1.53. The van der Waals surface area contributed by atoms with Crippen molar-refractivity contribution in [1.29, 1.82) is 0 Å². The van der Waals surface area contributed by atoms with Gasteiger partial charge in [-0.1, -0.05) is 6.92 Å². The molecular weight excluding hydrogens is 186 g/mol. The van der Waals surface area contributed by atoms with Gasteiger partial charge in [0.2, 0.25) is 0 Å². The molecule has 0 aromatic rings. The van der Waals surface area contributed by atoms with Gasteiger partial charge in [0.25, 0.3) is 0 Å². The second kappa shape index (κ2) is 5.50. The number of carbonyl (C=O) groups is 1. The summed E-state index contributed by atoms with van der Waals surface area (Å²) in [5.41, 5.74) is 5.03. The lowest BCUT2D eigenvalue weighted by Crippen LogP contribution is -2.26. The van der Waals surface area contributed by atoms with Gasteiger partial charge in [-0.3, -0.25) is 4.79 Å². The molecule has 78 valence electrons. The van der Waals surface area contributed by atoms with Gasteiger partial charge in [0.1, 0.15) is 5.60 Å². The van der Waals surface area contributed by atoms with E-state index in [4.69, 9.17) is 10.5 Å². The lowest BCUT2D eigenvalue weighted by atomic mass is 10.2. The lowest BCUT2D eigenvalue weighted by Gasteiger charge is -2.19. The molecule has 0 fully saturated rings. The van der Waals surface area contributed by atoms with Gasteiger partial charge < -0.3 is 10.5 Å². The van der Waals surface area contributed by atoms with Gasteiger partial charge in [-0.25, -0.2) is 0 Å². The van der Waals surface area contributed by atoms with E-state index in [0.29, 0.717) is 17.5 Å². The highest BCUT2D eigenvalue weighted by Crippen LogP contribution is 2.12. The monoisotopic (exact) mass is 205 g/mol. The third-order valence-corrected chi connectivity index (χ3v) is 2.40. The van der Waals surface area contributed by atoms with Crippen LogP contribution in [0.2, 0.25) is 0 Å². The van der Waals surface area contributed by atoms with E-state index in [9.17, 15) is 4.79 Å². The molecule has 3 nitrogen and oxygen atoms in total. The number of rotatable bonds is 4. The molecule has 1 atom stereocenters. The summed E-state index contributed by atoms with van der Waals surface area (Å²) in [7, 11) is 0. The van der Waals surface area contributed by atoms with Gasteiger partial charge in [-0.2, -0.15) is 0 Å². The van der Waals surface area contributed by atoms with Gasteiger partial charge in [0, 0.05) is 11.8 Å². The second-order valence-corrected chi connectivity index (χ2v) is 5.37. The summed E-state index contributed by atoms with van der Waals surface area (Å²) in [5.74, 6) is 0.216. The second-order valence-electron chi connectivity index (χ2n) is 3.94. The van der Waals surface area contributed by atoms with Crippen LogP contribution >= 0.6 is 11.8 Å². The van der Waals surface area contributed by atoms with Crippen LogP contribution in [0.4, 0.5) is 0 Å². The zero-order valence-corrected chi connectivity index (χ0v) is 9.61. The molecule has 0 rings (SSSR count). The van der Waals surface area contributed by atoms with Gasteiger partial charge in [-0.05, 0) is 20.8 Å². The molecule has 0 aromatic heterocycles. The molecule has 0 aliphatic heterocycles. The van der Waals surface area contributed by atoms with Gasteiger partial charge in [-0.15, -0.1) is 11.8 Å². The zero-order valence-electron chi connectivity index (χ0n) is 8.79. The molecule has 0 saturated carbocycles. The van der Waals surface area contributed by atoms with Crippen molar-refractivity contribution in [3.63, 3.8) is 0 Å². The Labute approximate surface area is 84.4 Å². The first-order chi connectivity index (χ1) is 5.85. The third kappa shape index (κ3) is 8.12. The molecule has 0 aromatic carbocycles. The van der Waals surface area contributed by atoms with E-state index in [1.807, 2.05) is 27.7 Å². The Morgan fingerprint density at radius 2 is 2.08 bits per heavy atom. The molecule has 0 amide bonds. The zero-order chi connectivity index (χ0) is 10.5. The quantitative estimate of drug-likeness (QED) is 0.705. The molecule has 0 spiro atoms. The maximum atomic E-state index is 11.2. The smallest absolute Gasteiger partial charge is 0.316 e. The maximum absolute atomic E-state index is 11.2. The van der Waals surface area contributed by atoms with Crippen molar-refractivity contribution in [3.05, 3.63) is 0 Å². The summed E-state index contributed by atoms with van der Waals surface area (Å²) in [6, 6.07) is 0. The molecule has 0 radical (unpaired) electrons. The molecule has 0 saturated heterocycles. The van der Waals surface area contributed by atoms with E-state index in [1.165, 1.54) is 11.8 Å². The van der Waals surface area contributed by atoms with Crippen molar-refractivity contribution in [2.75, 3.05) is 12.3 Å². The highest BCUT2D eigenvalue weighted by molar-refractivity contribution is 8.00. The normalized spacial score (nSPS) is 13.9. The SMILES string of the molecule is CC(CN)SCC(=O)OC(C)(C)C. The van der Waals surface area contributed by atoms with Crippen LogP contribution in [0, 0.1) is 0 Å². The van der Waals surface area contributed by atoms with Crippen molar-refractivity contribution in [2.45, 2.75) is 38.5 Å². The number of thioether (sulfide) groups is 1. The fourth-order valence-electron chi connectivity index (χ4n) is 0.649. The molecule has 13 heavy (non-hydrogen) atoms. The first kappa shape index (κ1) is 12.8. The molecule has 2 N–H and O–H groups in total. The first-order valence-electron chi connectivity index (χ1n) is 4.38. The Hall–Kier alpha value is -0.220. The average molecular weight is 205 g/mol. The molecule has 0 heterocycles. The highest BCUT2D eigenvalue weighted by Gasteiger charge is 2.16. The number of hydrogen-bond acceptors (Lipinski definition) is 4. The Morgan fingerprint density at radius 1 is 1.54 bits per heavy atom. The topological polar surface area (TPSA) is 52.3 Å². The minimum atomic E-state index is -0.385. The third-order valence-electron chi connectivity index (χ3n) is 1.24. The number of carbonyl (C=O) groups excluding carboxylic acids is 1. The summed E-state index contributed by atoms with van der Waals surface area (Å²) in [6.45, 7) is 8.17. The van der Waals surface area contributed by atoms with E-state index in [1.54, 1.807) is 0 Å².